The molecular formula is C13H16N4O. The van der Waals surface area contributed by atoms with Gasteiger partial charge >= 0.3 is 6.03 Å². The molecule has 0 bridgehead atoms. The van der Waals surface area contributed by atoms with Crippen molar-refractivity contribution in [3.63, 3.8) is 0 Å². The van der Waals surface area contributed by atoms with Crippen molar-refractivity contribution in [2.45, 2.75) is 13.0 Å². The summed E-state index contributed by atoms with van der Waals surface area (Å²) < 4.78 is 1.71. The number of anilines is 1. The van der Waals surface area contributed by atoms with Crippen molar-refractivity contribution in [1.82, 2.24) is 15.1 Å². The van der Waals surface area contributed by atoms with Crippen molar-refractivity contribution in [2.24, 2.45) is 7.05 Å². The first-order chi connectivity index (χ1) is 8.65. The summed E-state index contributed by atoms with van der Waals surface area (Å²) in [6.07, 6.45) is 3.63. The highest BCUT2D eigenvalue weighted by Crippen LogP contribution is 2.11. The number of benzene rings is 1. The van der Waals surface area contributed by atoms with Crippen LogP contribution in [0.15, 0.2) is 42.7 Å². The fraction of sp³-hybridized carbons (Fsp3) is 0.231. The molecule has 1 atom stereocenters. The van der Waals surface area contributed by atoms with Crippen LogP contribution in [0.4, 0.5) is 10.5 Å². The number of hydrogen-bond donors (Lipinski definition) is 2. The molecule has 94 valence electrons. The molecule has 0 aliphatic rings. The van der Waals surface area contributed by atoms with Crippen LogP contribution >= 0.6 is 0 Å². The zero-order chi connectivity index (χ0) is 13.0. The highest BCUT2D eigenvalue weighted by molar-refractivity contribution is 5.89. The Morgan fingerprint density at radius 1 is 1.33 bits per heavy atom. The molecule has 1 heterocycles. The van der Waals surface area contributed by atoms with E-state index in [4.69, 9.17) is 0 Å². The van der Waals surface area contributed by atoms with E-state index in [0.29, 0.717) is 0 Å². The molecular weight excluding hydrogens is 228 g/mol. The number of aryl methyl sites for hydroxylation is 1. The molecule has 2 N–H and O–H groups in total. The summed E-state index contributed by atoms with van der Waals surface area (Å²) in [6, 6.07) is 9.03. The van der Waals surface area contributed by atoms with E-state index in [-0.39, 0.29) is 12.1 Å². The molecule has 0 saturated carbocycles. The van der Waals surface area contributed by atoms with E-state index in [0.717, 1.165) is 11.3 Å². The Bertz CT molecular complexity index is 521. The lowest BCUT2D eigenvalue weighted by Crippen LogP contribution is -2.30. The number of amides is 2. The molecule has 2 rings (SSSR count). The van der Waals surface area contributed by atoms with Gasteiger partial charge in [0.15, 0.2) is 0 Å². The van der Waals surface area contributed by atoms with Gasteiger partial charge in [0.1, 0.15) is 0 Å². The predicted octanol–water partition coefficient (Wildman–Crippen LogP) is 2.30. The first-order valence-corrected chi connectivity index (χ1v) is 5.76. The molecule has 0 fully saturated rings. The molecule has 5 heteroatoms. The number of urea groups is 1. The maximum Gasteiger partial charge on any atom is 0.319 e. The molecule has 18 heavy (non-hydrogen) atoms. The van der Waals surface area contributed by atoms with Crippen LogP contribution in [0.25, 0.3) is 0 Å². The third-order valence-corrected chi connectivity index (χ3v) is 2.60. The average molecular weight is 244 g/mol. The van der Waals surface area contributed by atoms with Gasteiger partial charge in [0, 0.05) is 24.5 Å². The van der Waals surface area contributed by atoms with Gasteiger partial charge in [-0.2, -0.15) is 5.10 Å². The van der Waals surface area contributed by atoms with E-state index in [1.54, 1.807) is 10.9 Å². The Morgan fingerprint density at radius 3 is 2.67 bits per heavy atom. The number of para-hydroxylation sites is 1. The number of rotatable bonds is 3. The third kappa shape index (κ3) is 3.10. The number of carbonyl (C=O) groups excluding carboxylic acids is 1. The van der Waals surface area contributed by atoms with Gasteiger partial charge in [-0.25, -0.2) is 4.79 Å². The minimum Gasteiger partial charge on any atom is -0.331 e. The van der Waals surface area contributed by atoms with Gasteiger partial charge in [-0.15, -0.1) is 0 Å². The molecule has 1 aromatic heterocycles. The van der Waals surface area contributed by atoms with Gasteiger partial charge in [-0.1, -0.05) is 18.2 Å². The predicted molar refractivity (Wildman–Crippen MR) is 70.2 cm³/mol. The second-order valence-corrected chi connectivity index (χ2v) is 4.13. The van der Waals surface area contributed by atoms with E-state index in [1.165, 1.54) is 0 Å². The lowest BCUT2D eigenvalue weighted by Gasteiger charge is -2.13. The molecule has 5 nitrogen and oxygen atoms in total. The second kappa shape index (κ2) is 5.35. The van der Waals surface area contributed by atoms with Crippen LogP contribution in [0.5, 0.6) is 0 Å². The van der Waals surface area contributed by atoms with Gasteiger partial charge in [-0.05, 0) is 19.1 Å². The van der Waals surface area contributed by atoms with Crippen molar-refractivity contribution in [3.05, 3.63) is 48.3 Å². The van der Waals surface area contributed by atoms with E-state index in [1.807, 2.05) is 50.5 Å². The fourth-order valence-corrected chi connectivity index (χ4v) is 1.63. The Morgan fingerprint density at radius 2 is 2.06 bits per heavy atom. The Balaban J connectivity index is 1.92. The van der Waals surface area contributed by atoms with Gasteiger partial charge in [0.2, 0.25) is 0 Å². The van der Waals surface area contributed by atoms with Crippen molar-refractivity contribution in [3.8, 4) is 0 Å². The van der Waals surface area contributed by atoms with Crippen LogP contribution in [0.2, 0.25) is 0 Å². The molecule has 0 aliphatic carbocycles. The van der Waals surface area contributed by atoms with Crippen LogP contribution < -0.4 is 10.6 Å². The summed E-state index contributed by atoms with van der Waals surface area (Å²) in [7, 11) is 1.85. The molecule has 0 aliphatic heterocycles. The van der Waals surface area contributed by atoms with E-state index in [2.05, 4.69) is 15.7 Å². The smallest absolute Gasteiger partial charge is 0.319 e. The van der Waals surface area contributed by atoms with E-state index < -0.39 is 0 Å². The lowest BCUT2D eigenvalue weighted by molar-refractivity contribution is 0.249. The van der Waals surface area contributed by atoms with Gasteiger partial charge in [0.25, 0.3) is 0 Å². The molecule has 0 spiro atoms. The van der Waals surface area contributed by atoms with Crippen molar-refractivity contribution in [2.75, 3.05) is 5.32 Å². The largest absolute Gasteiger partial charge is 0.331 e. The minimum atomic E-state index is -0.224. The minimum absolute atomic E-state index is 0.0811. The maximum atomic E-state index is 11.8. The summed E-state index contributed by atoms with van der Waals surface area (Å²) >= 11 is 0. The average Bonchev–Trinajstić information content (AvgIpc) is 2.77. The zero-order valence-corrected chi connectivity index (χ0v) is 10.4. The van der Waals surface area contributed by atoms with Crippen molar-refractivity contribution >= 4 is 11.7 Å². The normalized spacial score (nSPS) is 11.9. The highest BCUT2D eigenvalue weighted by atomic mass is 16.2. The van der Waals surface area contributed by atoms with E-state index in [9.17, 15) is 4.79 Å². The van der Waals surface area contributed by atoms with Gasteiger partial charge in [-0.3, -0.25) is 4.68 Å². The Labute approximate surface area is 106 Å². The molecule has 2 amide bonds. The molecule has 0 radical (unpaired) electrons. The van der Waals surface area contributed by atoms with Crippen LogP contribution in [0, 0.1) is 0 Å². The van der Waals surface area contributed by atoms with Crippen LogP contribution in [0.3, 0.4) is 0 Å². The first kappa shape index (κ1) is 12.2. The molecule has 1 aromatic carbocycles. The van der Waals surface area contributed by atoms with Gasteiger partial charge in [0.05, 0.1) is 12.2 Å². The first-order valence-electron chi connectivity index (χ1n) is 5.76. The number of nitrogens with one attached hydrogen (secondary N) is 2. The number of hydrogen-bond acceptors (Lipinski definition) is 2. The van der Waals surface area contributed by atoms with Crippen molar-refractivity contribution < 1.29 is 4.79 Å². The number of aromatic nitrogens is 2. The Kier molecular flexibility index (Phi) is 3.62. The van der Waals surface area contributed by atoms with Crippen LogP contribution in [-0.2, 0) is 7.05 Å². The van der Waals surface area contributed by atoms with Gasteiger partial charge < -0.3 is 10.6 Å². The molecule has 2 aromatic rings. The SMILES string of the molecule is CC(NC(=O)Nc1ccccc1)c1cnn(C)c1. The summed E-state index contributed by atoms with van der Waals surface area (Å²) in [4.78, 5) is 11.8. The zero-order valence-electron chi connectivity index (χ0n) is 10.4. The van der Waals surface area contributed by atoms with Crippen molar-refractivity contribution in [1.29, 1.82) is 0 Å². The highest BCUT2D eigenvalue weighted by Gasteiger charge is 2.10. The number of carbonyl (C=O) groups is 1. The molecule has 1 unspecified atom stereocenters. The summed E-state index contributed by atoms with van der Waals surface area (Å²) in [5, 5.41) is 9.70. The summed E-state index contributed by atoms with van der Waals surface area (Å²) in [5.74, 6) is 0. The topological polar surface area (TPSA) is 59.0 Å². The third-order valence-electron chi connectivity index (χ3n) is 2.60. The van der Waals surface area contributed by atoms with E-state index >= 15 is 0 Å². The molecule has 0 saturated heterocycles. The Hall–Kier alpha value is -2.30. The standard InChI is InChI=1S/C13H16N4O/c1-10(11-8-14-17(2)9-11)15-13(18)16-12-6-4-3-5-7-12/h3-10H,1-2H3,(H2,15,16,18). The lowest BCUT2D eigenvalue weighted by atomic mass is 10.2. The number of nitrogens with zero attached hydrogens (tertiary/aromatic N) is 2. The monoisotopic (exact) mass is 244 g/mol. The summed E-state index contributed by atoms with van der Waals surface area (Å²) in [6.45, 7) is 1.92. The fourth-order valence-electron chi connectivity index (χ4n) is 1.63. The maximum absolute atomic E-state index is 11.8. The second-order valence-electron chi connectivity index (χ2n) is 4.13. The van der Waals surface area contributed by atoms with Crippen LogP contribution in [-0.4, -0.2) is 15.8 Å². The summed E-state index contributed by atoms with van der Waals surface area (Å²) in [5.41, 5.74) is 1.74. The van der Waals surface area contributed by atoms with Crippen LogP contribution in [0.1, 0.15) is 18.5 Å². The quantitative estimate of drug-likeness (QED) is 0.870.